The second-order valence-corrected chi connectivity index (χ2v) is 9.56. The van der Waals surface area contributed by atoms with Crippen LogP contribution in [0.4, 0.5) is 0 Å². The number of phenolic OH excluding ortho intramolecular Hbond substituents is 1. The van der Waals surface area contributed by atoms with Crippen LogP contribution in [0.1, 0.15) is 34.3 Å². The Hall–Kier alpha value is -2.95. The number of aliphatic hydroxyl groups excluding tert-OH is 1. The van der Waals surface area contributed by atoms with Crippen LogP contribution in [-0.2, 0) is 19.2 Å². The summed E-state index contributed by atoms with van der Waals surface area (Å²) in [6, 6.07) is 1.55. The Balaban J connectivity index is 1.98. The molecule has 33 heavy (non-hydrogen) atoms. The summed E-state index contributed by atoms with van der Waals surface area (Å²) in [5.41, 5.74) is 3.32. The molecule has 176 valence electrons. The Morgan fingerprint density at radius 2 is 1.73 bits per heavy atom. The third-order valence-electron chi connectivity index (χ3n) is 7.69. The predicted molar refractivity (Wildman–Crippen MR) is 112 cm³/mol. The highest BCUT2D eigenvalue weighted by atomic mass is 16.3. The van der Waals surface area contributed by atoms with Gasteiger partial charge in [0.2, 0.25) is 5.91 Å². The zero-order chi connectivity index (χ0) is 24.7. The third kappa shape index (κ3) is 2.74. The summed E-state index contributed by atoms with van der Waals surface area (Å²) < 4.78 is 0. The first-order valence-electron chi connectivity index (χ1n) is 10.6. The maximum atomic E-state index is 13.7. The number of nitrogens with two attached hydrogens (primary N) is 1. The number of amides is 1. The van der Waals surface area contributed by atoms with Crippen LogP contribution in [0, 0.1) is 30.6 Å². The molecule has 10 heteroatoms. The van der Waals surface area contributed by atoms with Gasteiger partial charge in [0, 0.05) is 5.92 Å². The summed E-state index contributed by atoms with van der Waals surface area (Å²) in [6.07, 6.45) is -1.62. The molecule has 0 saturated heterocycles. The van der Waals surface area contributed by atoms with E-state index in [-0.39, 0.29) is 11.3 Å². The number of aromatic hydroxyl groups is 1. The van der Waals surface area contributed by atoms with Gasteiger partial charge in [-0.1, -0.05) is 13.0 Å². The number of Topliss-reactive ketones (excluding diaryl/α,β-unsaturated/α-hetero) is 4. The lowest BCUT2D eigenvalue weighted by atomic mass is 9.49. The second-order valence-electron chi connectivity index (χ2n) is 9.56. The summed E-state index contributed by atoms with van der Waals surface area (Å²) in [7, 11) is 2.90. The normalized spacial score (nSPS) is 38.1. The molecule has 0 radical (unpaired) electrons. The molecule has 1 aromatic rings. The van der Waals surface area contributed by atoms with Gasteiger partial charge in [0.25, 0.3) is 0 Å². The maximum Gasteiger partial charge on any atom is 0.235 e. The van der Waals surface area contributed by atoms with Gasteiger partial charge in [-0.05, 0) is 44.1 Å². The molecule has 3 aliphatic carbocycles. The smallest absolute Gasteiger partial charge is 0.235 e. The van der Waals surface area contributed by atoms with E-state index in [0.717, 1.165) is 0 Å². The zero-order valence-corrected chi connectivity index (χ0v) is 18.6. The number of carbonyl (C=O) groups is 5. The SMILES string of the molecule is Cc1ccc(O)c2c1C(C)C1C(C2=O)C(=O)C2(O)C(=O)C(C(N)=O)C(=O)C(N(C)C)C2C1O. The zero-order valence-electron chi connectivity index (χ0n) is 18.6. The number of hydrogen-bond acceptors (Lipinski definition) is 9. The number of phenols is 1. The molecule has 8 unspecified atom stereocenters. The van der Waals surface area contributed by atoms with E-state index in [1.165, 1.54) is 25.1 Å². The molecule has 10 nitrogen and oxygen atoms in total. The molecule has 3 aliphatic rings. The van der Waals surface area contributed by atoms with Crippen LogP contribution in [0.2, 0.25) is 0 Å². The minimum atomic E-state index is -2.98. The lowest BCUT2D eigenvalue weighted by Gasteiger charge is -2.56. The van der Waals surface area contributed by atoms with Crippen molar-refractivity contribution in [3.8, 4) is 5.75 Å². The van der Waals surface area contributed by atoms with Gasteiger partial charge in [0.05, 0.1) is 29.5 Å². The molecule has 1 aromatic carbocycles. The number of fused-ring (bicyclic) bond motifs is 3. The van der Waals surface area contributed by atoms with Crippen molar-refractivity contribution in [2.45, 2.75) is 37.5 Å². The van der Waals surface area contributed by atoms with Crippen LogP contribution < -0.4 is 5.73 Å². The van der Waals surface area contributed by atoms with E-state index >= 15 is 0 Å². The highest BCUT2D eigenvalue weighted by Crippen LogP contribution is 2.54. The molecule has 2 fully saturated rings. The van der Waals surface area contributed by atoms with Crippen molar-refractivity contribution < 1.29 is 39.3 Å². The number of likely N-dealkylation sites (N-methyl/N-ethyl adjacent to an activating group) is 1. The Morgan fingerprint density at radius 1 is 1.12 bits per heavy atom. The first kappa shape index (κ1) is 23.2. The van der Waals surface area contributed by atoms with Gasteiger partial charge in [0.15, 0.2) is 34.7 Å². The molecule has 8 atom stereocenters. The predicted octanol–water partition coefficient (Wildman–Crippen LogP) is -1.29. The number of rotatable bonds is 2. The van der Waals surface area contributed by atoms with Gasteiger partial charge in [-0.15, -0.1) is 0 Å². The second kappa shape index (κ2) is 7.28. The summed E-state index contributed by atoms with van der Waals surface area (Å²) in [4.78, 5) is 66.7. The maximum absolute atomic E-state index is 13.7. The summed E-state index contributed by atoms with van der Waals surface area (Å²) in [5.74, 6) is -13.1. The molecule has 2 saturated carbocycles. The van der Waals surface area contributed by atoms with Crippen LogP contribution in [-0.4, -0.2) is 81.1 Å². The number of ketones is 4. The fraction of sp³-hybridized carbons (Fsp3) is 0.522. The number of primary amides is 1. The molecule has 0 aromatic heterocycles. The largest absolute Gasteiger partial charge is 0.507 e. The fourth-order valence-electron chi connectivity index (χ4n) is 6.29. The molecule has 0 aliphatic heterocycles. The molecule has 5 N–H and O–H groups in total. The van der Waals surface area contributed by atoms with Crippen LogP contribution in [0.25, 0.3) is 0 Å². The van der Waals surface area contributed by atoms with Crippen LogP contribution in [0.15, 0.2) is 12.1 Å². The van der Waals surface area contributed by atoms with Crippen LogP contribution in [0.5, 0.6) is 5.75 Å². The van der Waals surface area contributed by atoms with Crippen molar-refractivity contribution in [1.82, 2.24) is 4.90 Å². The van der Waals surface area contributed by atoms with Crippen LogP contribution >= 0.6 is 0 Å². The van der Waals surface area contributed by atoms with E-state index in [4.69, 9.17) is 5.73 Å². The minimum absolute atomic E-state index is 0.0960. The standard InChI is InChI=1S/C23H26N2O8/c1-7-5-6-9(26)12-10(7)8(2)11-13(17(12)27)20(30)23(33)15(18(11)28)16(25(3)4)19(29)14(21(23)31)22(24)32/h5-6,8,11,13-16,18,26,28,33H,1-4H3,(H2,24,32). The molecular formula is C23H26N2O8. The quantitative estimate of drug-likeness (QED) is 0.393. The number of aliphatic hydroxyl groups is 2. The van der Waals surface area contributed by atoms with E-state index in [1.54, 1.807) is 19.9 Å². The first-order chi connectivity index (χ1) is 15.3. The van der Waals surface area contributed by atoms with Gasteiger partial charge < -0.3 is 21.1 Å². The number of benzene rings is 1. The molecule has 1 amide bonds. The van der Waals surface area contributed by atoms with E-state index < -0.39 is 76.4 Å². The average Bonchev–Trinajstić information content (AvgIpc) is 2.72. The van der Waals surface area contributed by atoms with Gasteiger partial charge in [0.1, 0.15) is 5.75 Å². The number of hydrogen-bond donors (Lipinski definition) is 4. The molecule has 0 bridgehead atoms. The van der Waals surface area contributed by atoms with Crippen molar-refractivity contribution in [3.05, 3.63) is 28.8 Å². The van der Waals surface area contributed by atoms with Crippen molar-refractivity contribution >= 4 is 29.0 Å². The van der Waals surface area contributed by atoms with Crippen molar-refractivity contribution in [2.75, 3.05) is 14.1 Å². The van der Waals surface area contributed by atoms with Crippen molar-refractivity contribution in [2.24, 2.45) is 29.4 Å². The van der Waals surface area contributed by atoms with Crippen molar-refractivity contribution in [1.29, 1.82) is 0 Å². The Kier molecular flexibility index (Phi) is 5.12. The minimum Gasteiger partial charge on any atom is -0.507 e. The molecule has 0 heterocycles. The topological polar surface area (TPSA) is 175 Å². The van der Waals surface area contributed by atoms with E-state index in [2.05, 4.69) is 0 Å². The van der Waals surface area contributed by atoms with E-state index in [0.29, 0.717) is 11.1 Å². The molecule has 4 rings (SSSR count). The fourth-order valence-corrected chi connectivity index (χ4v) is 6.29. The lowest BCUT2D eigenvalue weighted by molar-refractivity contribution is -0.196. The van der Waals surface area contributed by atoms with Gasteiger partial charge >= 0.3 is 0 Å². The number of nitrogens with zero attached hydrogens (tertiary/aromatic N) is 1. The van der Waals surface area contributed by atoms with Crippen molar-refractivity contribution in [3.63, 3.8) is 0 Å². The molecule has 0 spiro atoms. The summed E-state index contributed by atoms with van der Waals surface area (Å²) >= 11 is 0. The summed E-state index contributed by atoms with van der Waals surface area (Å²) in [5, 5.41) is 33.4. The monoisotopic (exact) mass is 458 g/mol. The Labute approximate surface area is 189 Å². The lowest BCUT2D eigenvalue weighted by Crippen LogP contribution is -2.77. The van der Waals surface area contributed by atoms with Gasteiger partial charge in [-0.3, -0.25) is 28.9 Å². The Morgan fingerprint density at radius 3 is 2.27 bits per heavy atom. The third-order valence-corrected chi connectivity index (χ3v) is 7.69. The number of carbonyl (C=O) groups excluding carboxylic acids is 5. The van der Waals surface area contributed by atoms with Gasteiger partial charge in [-0.2, -0.15) is 0 Å². The highest BCUT2D eigenvalue weighted by Gasteiger charge is 2.72. The van der Waals surface area contributed by atoms with E-state index in [9.17, 15) is 39.3 Å². The number of aryl methyl sites for hydroxylation is 1. The Bertz CT molecular complexity index is 1130. The van der Waals surface area contributed by atoms with E-state index in [1.807, 2.05) is 0 Å². The first-order valence-corrected chi connectivity index (χ1v) is 10.6. The average molecular weight is 458 g/mol. The summed E-state index contributed by atoms with van der Waals surface area (Å²) in [6.45, 7) is 3.41. The van der Waals surface area contributed by atoms with Crippen LogP contribution in [0.3, 0.4) is 0 Å². The molecular weight excluding hydrogens is 432 g/mol. The highest BCUT2D eigenvalue weighted by molar-refractivity contribution is 6.32. The van der Waals surface area contributed by atoms with Gasteiger partial charge in [-0.25, -0.2) is 0 Å².